The first-order chi connectivity index (χ1) is 7.65. The maximum Gasteiger partial charge on any atom is 0.107 e. The molecule has 0 aliphatic rings. The predicted octanol–water partition coefficient (Wildman–Crippen LogP) is 4.00. The second kappa shape index (κ2) is 5.02. The Kier molecular flexibility index (Phi) is 3.66. The summed E-state index contributed by atoms with van der Waals surface area (Å²) in [6.07, 6.45) is 4.26. The van der Waals surface area contributed by atoms with Crippen LogP contribution in [0.25, 0.3) is 0 Å². The van der Waals surface area contributed by atoms with Crippen molar-refractivity contribution in [1.29, 1.82) is 0 Å². The minimum Gasteiger partial charge on any atom is -0.349 e. The van der Waals surface area contributed by atoms with Crippen LogP contribution in [0.15, 0.2) is 35.1 Å². The van der Waals surface area contributed by atoms with Crippen LogP contribution in [0.4, 0.5) is 0 Å². The highest BCUT2D eigenvalue weighted by Crippen LogP contribution is 2.27. The molecule has 16 heavy (non-hydrogen) atoms. The Labute approximate surface area is 108 Å². The van der Waals surface area contributed by atoms with Gasteiger partial charge in [0, 0.05) is 23.3 Å². The third-order valence-corrected chi connectivity index (χ3v) is 3.22. The molecule has 0 saturated heterocycles. The molecule has 0 fully saturated rings. The molecule has 0 aliphatic heterocycles. The number of aromatic amines is 1. The first-order valence-corrected chi connectivity index (χ1v) is 6.27. The molecule has 1 aromatic heterocycles. The molecule has 84 valence electrons. The van der Waals surface area contributed by atoms with Crippen LogP contribution < -0.4 is 0 Å². The molecule has 2 nitrogen and oxygen atoms in total. The Morgan fingerprint density at radius 1 is 1.44 bits per heavy atom. The van der Waals surface area contributed by atoms with E-state index in [1.165, 1.54) is 5.56 Å². The third-order valence-electron chi connectivity index (χ3n) is 2.35. The van der Waals surface area contributed by atoms with Crippen LogP contribution in [0, 0.1) is 6.92 Å². The van der Waals surface area contributed by atoms with Crippen molar-refractivity contribution in [3.8, 4) is 0 Å². The summed E-state index contributed by atoms with van der Waals surface area (Å²) in [5.74, 6) is 0.914. The third kappa shape index (κ3) is 2.86. The quantitative estimate of drug-likeness (QED) is 0.853. The SMILES string of the molecule is Cc1cc(Br)cc(C(Cl)Cc2ncc[nH]2)c1. The maximum absolute atomic E-state index is 6.36. The molecule has 2 aromatic rings. The highest BCUT2D eigenvalue weighted by atomic mass is 79.9. The van der Waals surface area contributed by atoms with E-state index in [-0.39, 0.29) is 5.38 Å². The Bertz CT molecular complexity index is 448. The fourth-order valence-electron chi connectivity index (χ4n) is 1.64. The Balaban J connectivity index is 2.17. The van der Waals surface area contributed by atoms with Gasteiger partial charge in [-0.15, -0.1) is 11.6 Å². The van der Waals surface area contributed by atoms with E-state index in [4.69, 9.17) is 11.6 Å². The smallest absolute Gasteiger partial charge is 0.107 e. The number of rotatable bonds is 3. The number of hydrogen-bond donors (Lipinski definition) is 1. The zero-order valence-corrected chi connectivity index (χ0v) is 11.2. The molecular weight excluding hydrogens is 288 g/mol. The normalized spacial score (nSPS) is 12.7. The first kappa shape index (κ1) is 11.7. The van der Waals surface area contributed by atoms with Gasteiger partial charge in [0.15, 0.2) is 0 Å². The molecule has 1 atom stereocenters. The number of imidazole rings is 1. The van der Waals surface area contributed by atoms with Crippen molar-refractivity contribution in [2.45, 2.75) is 18.7 Å². The first-order valence-electron chi connectivity index (χ1n) is 5.04. The lowest BCUT2D eigenvalue weighted by atomic mass is 10.1. The van der Waals surface area contributed by atoms with Crippen LogP contribution >= 0.6 is 27.5 Å². The van der Waals surface area contributed by atoms with E-state index in [2.05, 4.69) is 45.0 Å². The number of halogens is 2. The van der Waals surface area contributed by atoms with Crippen LogP contribution in [-0.4, -0.2) is 9.97 Å². The van der Waals surface area contributed by atoms with Crippen molar-refractivity contribution in [2.24, 2.45) is 0 Å². The molecule has 1 unspecified atom stereocenters. The Morgan fingerprint density at radius 2 is 2.25 bits per heavy atom. The van der Waals surface area contributed by atoms with E-state index in [9.17, 15) is 0 Å². The Morgan fingerprint density at radius 3 is 2.88 bits per heavy atom. The number of aryl methyl sites for hydroxylation is 1. The van der Waals surface area contributed by atoms with Crippen LogP contribution in [0.2, 0.25) is 0 Å². The molecule has 4 heteroatoms. The molecule has 1 N–H and O–H groups in total. The molecule has 0 aliphatic carbocycles. The van der Waals surface area contributed by atoms with Crippen molar-refractivity contribution >= 4 is 27.5 Å². The maximum atomic E-state index is 6.36. The van der Waals surface area contributed by atoms with Crippen molar-refractivity contribution < 1.29 is 0 Å². The Hall–Kier alpha value is -0.800. The highest BCUT2D eigenvalue weighted by molar-refractivity contribution is 9.10. The summed E-state index contributed by atoms with van der Waals surface area (Å²) in [5.41, 5.74) is 2.32. The number of nitrogens with one attached hydrogen (secondary N) is 1. The summed E-state index contributed by atoms with van der Waals surface area (Å²) in [4.78, 5) is 7.23. The van der Waals surface area contributed by atoms with Crippen molar-refractivity contribution in [3.05, 3.63) is 52.0 Å². The van der Waals surface area contributed by atoms with Gasteiger partial charge in [-0.1, -0.05) is 22.0 Å². The second-order valence-electron chi connectivity index (χ2n) is 3.77. The summed E-state index contributed by atoms with van der Waals surface area (Å²) < 4.78 is 1.06. The largest absolute Gasteiger partial charge is 0.349 e. The van der Waals surface area contributed by atoms with Gasteiger partial charge in [-0.2, -0.15) is 0 Å². The van der Waals surface area contributed by atoms with Gasteiger partial charge in [0.05, 0.1) is 5.38 Å². The number of aromatic nitrogens is 2. The number of hydrogen-bond acceptors (Lipinski definition) is 1. The number of alkyl halides is 1. The van der Waals surface area contributed by atoms with Gasteiger partial charge in [0.1, 0.15) is 5.82 Å². The van der Waals surface area contributed by atoms with Gasteiger partial charge < -0.3 is 4.98 Å². The van der Waals surface area contributed by atoms with Gasteiger partial charge in [0.2, 0.25) is 0 Å². The average Bonchev–Trinajstić information content (AvgIpc) is 2.68. The van der Waals surface area contributed by atoms with Crippen LogP contribution in [0.5, 0.6) is 0 Å². The minimum atomic E-state index is -0.0534. The zero-order chi connectivity index (χ0) is 11.5. The number of H-pyrrole nitrogens is 1. The number of benzene rings is 1. The molecule has 0 saturated carbocycles. The second-order valence-corrected chi connectivity index (χ2v) is 5.21. The zero-order valence-electron chi connectivity index (χ0n) is 8.87. The molecule has 1 heterocycles. The van der Waals surface area contributed by atoms with Gasteiger partial charge in [-0.25, -0.2) is 4.98 Å². The van der Waals surface area contributed by atoms with Gasteiger partial charge in [-0.05, 0) is 30.2 Å². The fourth-order valence-corrected chi connectivity index (χ4v) is 2.54. The summed E-state index contributed by atoms with van der Waals surface area (Å²) >= 11 is 9.84. The lowest BCUT2D eigenvalue weighted by Crippen LogP contribution is -1.98. The molecule has 0 spiro atoms. The van der Waals surface area contributed by atoms with E-state index in [1.807, 2.05) is 12.3 Å². The lowest BCUT2D eigenvalue weighted by Gasteiger charge is -2.09. The molecular formula is C12H12BrClN2. The van der Waals surface area contributed by atoms with E-state index >= 15 is 0 Å². The van der Waals surface area contributed by atoms with Crippen molar-refractivity contribution in [1.82, 2.24) is 9.97 Å². The van der Waals surface area contributed by atoms with E-state index in [0.29, 0.717) is 6.42 Å². The molecule has 1 aromatic carbocycles. The predicted molar refractivity (Wildman–Crippen MR) is 69.8 cm³/mol. The standard InChI is InChI=1S/C12H12BrClN2/c1-8-4-9(6-10(13)5-8)11(14)7-12-15-2-3-16-12/h2-6,11H,7H2,1H3,(H,15,16). The summed E-state index contributed by atoms with van der Waals surface area (Å²) in [6.45, 7) is 2.06. The van der Waals surface area contributed by atoms with E-state index in [0.717, 1.165) is 15.9 Å². The van der Waals surface area contributed by atoms with Crippen molar-refractivity contribution in [3.63, 3.8) is 0 Å². The summed E-state index contributed by atoms with van der Waals surface area (Å²) in [6, 6.07) is 6.22. The summed E-state index contributed by atoms with van der Waals surface area (Å²) in [7, 11) is 0. The van der Waals surface area contributed by atoms with Gasteiger partial charge in [0.25, 0.3) is 0 Å². The minimum absolute atomic E-state index is 0.0534. The fraction of sp³-hybridized carbons (Fsp3) is 0.250. The topological polar surface area (TPSA) is 28.7 Å². The van der Waals surface area contributed by atoms with Gasteiger partial charge >= 0.3 is 0 Å². The molecule has 2 rings (SSSR count). The number of nitrogens with zero attached hydrogens (tertiary/aromatic N) is 1. The lowest BCUT2D eigenvalue weighted by molar-refractivity contribution is 0.853. The van der Waals surface area contributed by atoms with E-state index < -0.39 is 0 Å². The van der Waals surface area contributed by atoms with Gasteiger partial charge in [-0.3, -0.25) is 0 Å². The average molecular weight is 300 g/mol. The van der Waals surface area contributed by atoms with Crippen LogP contribution in [-0.2, 0) is 6.42 Å². The highest BCUT2D eigenvalue weighted by Gasteiger charge is 2.11. The molecule has 0 bridgehead atoms. The molecule has 0 amide bonds. The van der Waals surface area contributed by atoms with Crippen molar-refractivity contribution in [2.75, 3.05) is 0 Å². The van der Waals surface area contributed by atoms with Crippen LogP contribution in [0.1, 0.15) is 22.3 Å². The monoisotopic (exact) mass is 298 g/mol. The summed E-state index contributed by atoms with van der Waals surface area (Å²) in [5, 5.41) is -0.0534. The van der Waals surface area contributed by atoms with Crippen LogP contribution in [0.3, 0.4) is 0 Å². The van der Waals surface area contributed by atoms with E-state index in [1.54, 1.807) is 6.20 Å². The molecule has 0 radical (unpaired) electrons.